The van der Waals surface area contributed by atoms with Gasteiger partial charge in [-0.2, -0.15) is 0 Å². The molecule has 0 bridgehead atoms. The van der Waals surface area contributed by atoms with Crippen molar-refractivity contribution in [2.24, 2.45) is 5.92 Å². The van der Waals surface area contributed by atoms with E-state index in [-0.39, 0.29) is 22.7 Å². The number of rotatable bonds is 5. The number of hydrogen-bond acceptors (Lipinski definition) is 1. The van der Waals surface area contributed by atoms with E-state index in [2.05, 4.69) is 231 Å². The van der Waals surface area contributed by atoms with E-state index in [1.165, 1.54) is 89.3 Å². The van der Waals surface area contributed by atoms with E-state index in [0.717, 1.165) is 5.69 Å². The fourth-order valence-corrected chi connectivity index (χ4v) is 11.6. The van der Waals surface area contributed by atoms with Crippen LogP contribution in [0.2, 0.25) is 0 Å². The molecule has 0 aliphatic heterocycles. The lowest BCUT2D eigenvalue weighted by molar-refractivity contribution is 0.472. The van der Waals surface area contributed by atoms with E-state index in [1.807, 2.05) is 0 Å². The van der Waals surface area contributed by atoms with E-state index >= 15 is 0 Å². The number of nitrogens with zero attached hydrogens (tertiary/aromatic N) is 1. The van der Waals surface area contributed by atoms with Crippen LogP contribution in [-0.2, 0) is 10.8 Å². The van der Waals surface area contributed by atoms with Gasteiger partial charge >= 0.3 is 0 Å². The number of hydrogen-bond donors (Lipinski definition) is 0. The lowest BCUT2D eigenvalue weighted by atomic mass is 9.64. The summed E-state index contributed by atoms with van der Waals surface area (Å²) in [5, 5.41) is 0. The number of para-hydroxylation sites is 2. The molecule has 4 aliphatic carbocycles. The largest absolute Gasteiger partial charge is 0.310 e. The normalized spacial score (nSPS) is 19.6. The van der Waals surface area contributed by atoms with Gasteiger partial charge in [0, 0.05) is 34.2 Å². The van der Waals surface area contributed by atoms with Crippen LogP contribution in [0.4, 0.5) is 17.1 Å². The van der Waals surface area contributed by atoms with Crippen molar-refractivity contribution in [3.63, 3.8) is 0 Å². The van der Waals surface area contributed by atoms with Crippen molar-refractivity contribution in [3.05, 3.63) is 251 Å². The minimum Gasteiger partial charge on any atom is -0.310 e. The zero-order valence-electron chi connectivity index (χ0n) is 33.3. The van der Waals surface area contributed by atoms with Crippen molar-refractivity contribution in [2.75, 3.05) is 4.90 Å². The predicted octanol–water partition coefficient (Wildman–Crippen LogP) is 14.8. The van der Waals surface area contributed by atoms with Gasteiger partial charge in [-0.25, -0.2) is 0 Å². The summed E-state index contributed by atoms with van der Waals surface area (Å²) >= 11 is 0. The van der Waals surface area contributed by atoms with E-state index in [1.54, 1.807) is 0 Å². The number of benzene rings is 8. The molecule has 0 saturated carbocycles. The molecular formula is C58H43N. The molecular weight excluding hydrogens is 711 g/mol. The average molecular weight is 754 g/mol. The maximum absolute atomic E-state index is 2.52. The van der Waals surface area contributed by atoms with Gasteiger partial charge in [0.25, 0.3) is 0 Å². The minimum atomic E-state index is -0.345. The quantitative estimate of drug-likeness (QED) is 0.169. The molecule has 12 rings (SSSR count). The second-order valence-corrected chi connectivity index (χ2v) is 17.1. The third kappa shape index (κ3) is 4.67. The van der Waals surface area contributed by atoms with E-state index in [9.17, 15) is 0 Å². The fraction of sp³-hybridized carbons (Fsp3) is 0.103. The van der Waals surface area contributed by atoms with E-state index in [4.69, 9.17) is 0 Å². The van der Waals surface area contributed by atoms with Crippen LogP contribution in [0.25, 0.3) is 39.0 Å². The molecule has 3 atom stereocenters. The molecule has 0 fully saturated rings. The maximum atomic E-state index is 2.52. The topological polar surface area (TPSA) is 3.24 Å². The van der Waals surface area contributed by atoms with Gasteiger partial charge in [-0.15, -0.1) is 0 Å². The van der Waals surface area contributed by atoms with Gasteiger partial charge in [-0.1, -0.05) is 196 Å². The van der Waals surface area contributed by atoms with Crippen LogP contribution in [0.5, 0.6) is 0 Å². The first-order valence-corrected chi connectivity index (χ1v) is 21.0. The van der Waals surface area contributed by atoms with E-state index < -0.39 is 0 Å². The lowest BCUT2D eigenvalue weighted by Gasteiger charge is -2.38. The third-order valence-electron chi connectivity index (χ3n) is 14.0. The molecule has 4 aliphatic rings. The van der Waals surface area contributed by atoms with Gasteiger partial charge in [0.15, 0.2) is 0 Å². The van der Waals surface area contributed by atoms with Crippen LogP contribution >= 0.6 is 0 Å². The highest BCUT2D eigenvalue weighted by molar-refractivity contribution is 5.97. The summed E-state index contributed by atoms with van der Waals surface area (Å²) in [4.78, 5) is 2.49. The van der Waals surface area contributed by atoms with Gasteiger partial charge < -0.3 is 4.90 Å². The molecule has 0 heterocycles. The Labute approximate surface area is 347 Å². The molecule has 0 N–H and O–H groups in total. The minimum absolute atomic E-state index is 0.107. The Balaban J connectivity index is 1.05. The first-order chi connectivity index (χ1) is 29.1. The number of allylic oxidation sites excluding steroid dienone is 4. The van der Waals surface area contributed by atoms with Crippen molar-refractivity contribution in [1.82, 2.24) is 0 Å². The summed E-state index contributed by atoms with van der Waals surface area (Å²) in [6.07, 6.45) is 7.28. The number of fused-ring (bicyclic) bond motifs is 13. The van der Waals surface area contributed by atoms with Gasteiger partial charge in [0.05, 0.1) is 11.1 Å². The van der Waals surface area contributed by atoms with Gasteiger partial charge in [0.1, 0.15) is 0 Å². The van der Waals surface area contributed by atoms with Crippen LogP contribution in [0.1, 0.15) is 58.7 Å². The van der Waals surface area contributed by atoms with Crippen LogP contribution in [0.3, 0.4) is 0 Å². The molecule has 8 aromatic rings. The second kappa shape index (κ2) is 12.8. The van der Waals surface area contributed by atoms with Crippen molar-refractivity contribution in [1.29, 1.82) is 0 Å². The van der Waals surface area contributed by atoms with Crippen LogP contribution < -0.4 is 4.90 Å². The van der Waals surface area contributed by atoms with Crippen LogP contribution in [-0.4, -0.2) is 0 Å². The van der Waals surface area contributed by atoms with Crippen molar-refractivity contribution in [3.8, 4) is 33.4 Å². The first-order valence-electron chi connectivity index (χ1n) is 21.0. The monoisotopic (exact) mass is 753 g/mol. The summed E-state index contributed by atoms with van der Waals surface area (Å²) in [7, 11) is 0. The Morgan fingerprint density at radius 1 is 0.441 bits per heavy atom. The Hall–Kier alpha value is -6.96. The van der Waals surface area contributed by atoms with Crippen LogP contribution in [0, 0.1) is 5.92 Å². The Morgan fingerprint density at radius 2 is 1.05 bits per heavy atom. The first kappa shape index (κ1) is 34.1. The zero-order chi connectivity index (χ0) is 39.3. The van der Waals surface area contributed by atoms with E-state index in [0.29, 0.717) is 0 Å². The SMILES string of the molecule is CC1(C)c2ccccc2-c2ccc(N(c3ccccc3)c3ccccc3C3=CC=CC4C3c3ccccc3C43c4ccccc4-c4c(-c5ccccc5)cccc43)cc21. The summed E-state index contributed by atoms with van der Waals surface area (Å²) in [5.41, 5.74) is 22.0. The molecule has 1 spiro atoms. The van der Waals surface area contributed by atoms with Gasteiger partial charge in [-0.3, -0.25) is 0 Å². The summed E-state index contributed by atoms with van der Waals surface area (Å²) in [6, 6.07) is 72.6. The molecule has 3 unspecified atom stereocenters. The molecule has 0 amide bonds. The molecule has 0 aromatic heterocycles. The third-order valence-corrected chi connectivity index (χ3v) is 14.0. The van der Waals surface area contributed by atoms with Crippen molar-refractivity contribution in [2.45, 2.75) is 30.6 Å². The highest BCUT2D eigenvalue weighted by Crippen LogP contribution is 2.68. The fourth-order valence-electron chi connectivity index (χ4n) is 11.6. The van der Waals surface area contributed by atoms with Crippen molar-refractivity contribution >= 4 is 22.6 Å². The maximum Gasteiger partial charge on any atom is 0.0538 e. The Kier molecular flexibility index (Phi) is 7.38. The number of anilines is 3. The summed E-state index contributed by atoms with van der Waals surface area (Å²) in [6.45, 7) is 4.74. The summed E-state index contributed by atoms with van der Waals surface area (Å²) < 4.78 is 0. The Morgan fingerprint density at radius 3 is 1.86 bits per heavy atom. The smallest absolute Gasteiger partial charge is 0.0538 e. The highest BCUT2D eigenvalue weighted by Gasteiger charge is 2.58. The second-order valence-electron chi connectivity index (χ2n) is 17.1. The molecule has 1 heteroatoms. The zero-order valence-corrected chi connectivity index (χ0v) is 33.3. The van der Waals surface area contributed by atoms with Gasteiger partial charge in [-0.05, 0) is 103 Å². The highest BCUT2D eigenvalue weighted by atomic mass is 15.1. The molecule has 0 saturated heterocycles. The molecule has 59 heavy (non-hydrogen) atoms. The van der Waals surface area contributed by atoms with Crippen LogP contribution in [0.15, 0.2) is 212 Å². The molecule has 0 radical (unpaired) electrons. The average Bonchev–Trinajstić information content (AvgIpc) is 3.86. The van der Waals surface area contributed by atoms with Crippen molar-refractivity contribution < 1.29 is 0 Å². The molecule has 8 aromatic carbocycles. The Bertz CT molecular complexity index is 3040. The lowest BCUT2D eigenvalue weighted by Crippen LogP contribution is -2.33. The predicted molar refractivity (Wildman–Crippen MR) is 246 cm³/mol. The molecule has 1 nitrogen and oxygen atoms in total. The van der Waals surface area contributed by atoms with Gasteiger partial charge in [0.2, 0.25) is 0 Å². The summed E-state index contributed by atoms with van der Waals surface area (Å²) in [5.74, 6) is 0.314. The molecule has 280 valence electrons. The standard InChI is InChI=1S/C58H43N/c1-57(2)48-29-13-9-23-42(48)43-36-35-40(37-53(43)57)59(39-21-7-4-8-22-39)54-34-16-12-24-44(54)45-28-18-33-52-56(45)47-26-11-15-31-50(47)58(52)49-30-14-10-25-46(49)55-41(27-17-32-51(55)58)38-19-5-3-6-20-38/h3-37,52,56H,1-2H3.